The van der Waals surface area contributed by atoms with Crippen molar-refractivity contribution in [3.63, 3.8) is 0 Å². The third-order valence-corrected chi connectivity index (χ3v) is 5.88. The van der Waals surface area contributed by atoms with Gasteiger partial charge in [0.1, 0.15) is 11.6 Å². The summed E-state index contributed by atoms with van der Waals surface area (Å²) in [7, 11) is 1.94. The third-order valence-electron chi connectivity index (χ3n) is 5.88. The van der Waals surface area contributed by atoms with Crippen LogP contribution in [0.4, 0.5) is 26.2 Å². The van der Waals surface area contributed by atoms with E-state index in [4.69, 9.17) is 4.74 Å². The molecule has 1 unspecified atom stereocenters. The van der Waals surface area contributed by atoms with Crippen molar-refractivity contribution in [3.05, 3.63) is 48.3 Å². The third kappa shape index (κ3) is 5.02. The molecule has 4 rings (SSSR count). The summed E-state index contributed by atoms with van der Waals surface area (Å²) in [6.45, 7) is 1.74. The maximum Gasteiger partial charge on any atom is 0.323 e. The minimum atomic E-state index is -0.484. The van der Waals surface area contributed by atoms with Crippen LogP contribution in [0.5, 0.6) is 5.75 Å². The first-order valence-corrected chi connectivity index (χ1v) is 10.7. The Bertz CT molecular complexity index is 868. The number of nitrogens with zero attached hydrogens (tertiary/aromatic N) is 1. The number of carbonyl (C=O) groups excluding carboxylic acids is 1. The standard InChI is InChI=1S/C23H29FN4O2/c1-25-17-12-13-28(15-17)18-8-11-22(21(24)14-18)27-23(29)26-16-6-9-20(10-7-16)30-19-4-2-3-5-19/h6-11,14,17,19,25H,2-5,12-13,15H2,1H3,(H2,26,27,29). The quantitative estimate of drug-likeness (QED) is 0.649. The van der Waals surface area contributed by atoms with Gasteiger partial charge in [-0.15, -0.1) is 0 Å². The fourth-order valence-corrected chi connectivity index (χ4v) is 4.13. The largest absolute Gasteiger partial charge is 0.490 e. The van der Waals surface area contributed by atoms with Crippen LogP contribution in [-0.4, -0.2) is 38.3 Å². The summed E-state index contributed by atoms with van der Waals surface area (Å²) in [6, 6.07) is 12.1. The van der Waals surface area contributed by atoms with Gasteiger partial charge in [0, 0.05) is 30.5 Å². The van der Waals surface area contributed by atoms with Gasteiger partial charge >= 0.3 is 6.03 Å². The van der Waals surface area contributed by atoms with E-state index in [-0.39, 0.29) is 5.69 Å². The van der Waals surface area contributed by atoms with E-state index in [2.05, 4.69) is 20.9 Å². The maximum absolute atomic E-state index is 14.5. The zero-order valence-electron chi connectivity index (χ0n) is 17.3. The molecule has 1 heterocycles. The molecule has 7 heteroatoms. The summed E-state index contributed by atoms with van der Waals surface area (Å²) < 4.78 is 20.5. The van der Waals surface area contributed by atoms with Crippen LogP contribution < -0.4 is 25.6 Å². The van der Waals surface area contributed by atoms with Crippen LogP contribution in [0.3, 0.4) is 0 Å². The van der Waals surface area contributed by atoms with Crippen molar-refractivity contribution in [3.8, 4) is 5.75 Å². The van der Waals surface area contributed by atoms with Gasteiger partial charge in [-0.25, -0.2) is 9.18 Å². The number of carbonyl (C=O) groups is 1. The number of ether oxygens (including phenoxy) is 1. The van der Waals surface area contributed by atoms with Crippen LogP contribution in [0.1, 0.15) is 32.1 Å². The average Bonchev–Trinajstić information content (AvgIpc) is 3.43. The average molecular weight is 413 g/mol. The lowest BCUT2D eigenvalue weighted by molar-refractivity contribution is 0.210. The molecule has 0 aromatic heterocycles. The number of rotatable bonds is 6. The molecule has 1 saturated carbocycles. The second-order valence-electron chi connectivity index (χ2n) is 8.01. The number of hydrogen-bond donors (Lipinski definition) is 3. The number of likely N-dealkylation sites (N-methyl/N-ethyl adjacent to an activating group) is 1. The van der Waals surface area contributed by atoms with E-state index in [0.717, 1.165) is 43.8 Å². The van der Waals surface area contributed by atoms with E-state index >= 15 is 0 Å². The first-order chi connectivity index (χ1) is 14.6. The second-order valence-corrected chi connectivity index (χ2v) is 8.01. The van der Waals surface area contributed by atoms with Crippen LogP contribution in [0, 0.1) is 5.82 Å². The van der Waals surface area contributed by atoms with E-state index in [9.17, 15) is 9.18 Å². The van der Waals surface area contributed by atoms with Crippen molar-refractivity contribution < 1.29 is 13.9 Å². The fraction of sp³-hybridized carbons (Fsp3) is 0.435. The topological polar surface area (TPSA) is 65.6 Å². The number of nitrogens with one attached hydrogen (secondary N) is 3. The Morgan fingerprint density at radius 3 is 2.50 bits per heavy atom. The molecule has 2 aromatic rings. The van der Waals surface area contributed by atoms with Crippen molar-refractivity contribution in [2.24, 2.45) is 0 Å². The summed E-state index contributed by atoms with van der Waals surface area (Å²) in [5.74, 6) is 0.354. The lowest BCUT2D eigenvalue weighted by atomic mass is 10.2. The van der Waals surface area contributed by atoms with Gasteiger partial charge in [-0.3, -0.25) is 0 Å². The molecule has 1 aliphatic carbocycles. The monoisotopic (exact) mass is 412 g/mol. The molecule has 6 nitrogen and oxygen atoms in total. The van der Waals surface area contributed by atoms with E-state index in [1.54, 1.807) is 18.2 Å². The molecule has 2 aromatic carbocycles. The first kappa shape index (κ1) is 20.5. The minimum absolute atomic E-state index is 0.154. The summed E-state index contributed by atoms with van der Waals surface area (Å²) in [6.07, 6.45) is 5.96. The van der Waals surface area contributed by atoms with Crippen LogP contribution in [0.2, 0.25) is 0 Å². The zero-order chi connectivity index (χ0) is 20.9. The van der Waals surface area contributed by atoms with Gasteiger partial charge in [0.05, 0.1) is 11.8 Å². The van der Waals surface area contributed by atoms with Crippen LogP contribution in [0.15, 0.2) is 42.5 Å². The molecule has 2 fully saturated rings. The molecule has 1 aliphatic heterocycles. The Kier molecular flexibility index (Phi) is 6.38. The van der Waals surface area contributed by atoms with Crippen LogP contribution in [0.25, 0.3) is 0 Å². The van der Waals surface area contributed by atoms with Gasteiger partial charge in [0.2, 0.25) is 0 Å². The zero-order valence-corrected chi connectivity index (χ0v) is 17.3. The Morgan fingerprint density at radius 1 is 1.07 bits per heavy atom. The first-order valence-electron chi connectivity index (χ1n) is 10.7. The number of anilines is 3. The normalized spacial score (nSPS) is 19.1. The number of amides is 2. The van der Waals surface area contributed by atoms with Crippen molar-refractivity contribution in [1.29, 1.82) is 0 Å². The summed E-state index contributed by atoms with van der Waals surface area (Å²) in [5.41, 5.74) is 1.61. The maximum atomic E-state index is 14.5. The Morgan fingerprint density at radius 2 is 1.83 bits per heavy atom. The van der Waals surface area contributed by atoms with Crippen molar-refractivity contribution in [2.75, 3.05) is 35.7 Å². The van der Waals surface area contributed by atoms with Gasteiger partial charge in [-0.05, 0) is 81.6 Å². The summed E-state index contributed by atoms with van der Waals surface area (Å²) in [4.78, 5) is 14.4. The predicted molar refractivity (Wildman–Crippen MR) is 118 cm³/mol. The molecule has 1 atom stereocenters. The van der Waals surface area contributed by atoms with Gasteiger partial charge < -0.3 is 25.6 Å². The van der Waals surface area contributed by atoms with Crippen LogP contribution >= 0.6 is 0 Å². The molecule has 0 bridgehead atoms. The minimum Gasteiger partial charge on any atom is -0.490 e. The molecule has 160 valence electrons. The van der Waals surface area contributed by atoms with Gasteiger partial charge in [0.25, 0.3) is 0 Å². The highest BCUT2D eigenvalue weighted by Crippen LogP contribution is 2.26. The van der Waals surface area contributed by atoms with Gasteiger partial charge in [-0.1, -0.05) is 0 Å². The van der Waals surface area contributed by atoms with Gasteiger partial charge in [0.15, 0.2) is 0 Å². The second kappa shape index (κ2) is 9.34. The van der Waals surface area contributed by atoms with E-state index in [1.165, 1.54) is 18.9 Å². The molecule has 2 amide bonds. The lowest BCUT2D eigenvalue weighted by Gasteiger charge is -2.19. The van der Waals surface area contributed by atoms with E-state index in [1.807, 2.05) is 25.2 Å². The fourth-order valence-electron chi connectivity index (χ4n) is 4.13. The summed E-state index contributed by atoms with van der Waals surface area (Å²) in [5, 5.41) is 8.56. The smallest absolute Gasteiger partial charge is 0.323 e. The number of urea groups is 1. The number of benzene rings is 2. The molecule has 0 spiro atoms. The highest BCUT2D eigenvalue weighted by Gasteiger charge is 2.22. The number of halogens is 1. The van der Waals surface area contributed by atoms with E-state index < -0.39 is 11.8 Å². The predicted octanol–water partition coefficient (Wildman–Crippen LogP) is 4.59. The molecule has 30 heavy (non-hydrogen) atoms. The highest BCUT2D eigenvalue weighted by molar-refractivity contribution is 5.99. The highest BCUT2D eigenvalue weighted by atomic mass is 19.1. The van der Waals surface area contributed by atoms with Crippen LogP contribution in [-0.2, 0) is 0 Å². The Balaban J connectivity index is 1.31. The molecule has 3 N–H and O–H groups in total. The molecular weight excluding hydrogens is 383 g/mol. The lowest BCUT2D eigenvalue weighted by Crippen LogP contribution is -2.29. The summed E-state index contributed by atoms with van der Waals surface area (Å²) >= 11 is 0. The van der Waals surface area contributed by atoms with Gasteiger partial charge in [-0.2, -0.15) is 0 Å². The number of hydrogen-bond acceptors (Lipinski definition) is 4. The molecule has 2 aliphatic rings. The Hall–Kier alpha value is -2.80. The Labute approximate surface area is 176 Å². The SMILES string of the molecule is CNC1CCN(c2ccc(NC(=O)Nc3ccc(OC4CCCC4)cc3)c(F)c2)C1. The van der Waals surface area contributed by atoms with E-state index in [0.29, 0.717) is 17.8 Å². The molecular formula is C23H29FN4O2. The van der Waals surface area contributed by atoms with Crippen molar-refractivity contribution in [2.45, 2.75) is 44.2 Å². The van der Waals surface area contributed by atoms with Crippen molar-refractivity contribution >= 4 is 23.1 Å². The molecule has 1 saturated heterocycles. The van der Waals surface area contributed by atoms with Crippen molar-refractivity contribution in [1.82, 2.24) is 5.32 Å². The molecule has 0 radical (unpaired) electrons.